The fraction of sp³-hybridized carbons (Fsp3) is 0.308. The predicted molar refractivity (Wildman–Crippen MR) is 81.6 cm³/mol. The van der Waals surface area contributed by atoms with E-state index in [4.69, 9.17) is 23.2 Å². The van der Waals surface area contributed by atoms with Crippen molar-refractivity contribution in [1.29, 1.82) is 0 Å². The second-order valence-electron chi connectivity index (χ2n) is 4.39. The molecule has 1 amide bonds. The van der Waals surface area contributed by atoms with Crippen LogP contribution in [0, 0.1) is 5.82 Å². The first kappa shape index (κ1) is 16.1. The number of amides is 1. The van der Waals surface area contributed by atoms with Gasteiger partial charge in [-0.15, -0.1) is 5.10 Å². The van der Waals surface area contributed by atoms with Crippen molar-refractivity contribution in [2.75, 3.05) is 0 Å². The van der Waals surface area contributed by atoms with Crippen molar-refractivity contribution in [3.8, 4) is 0 Å². The van der Waals surface area contributed by atoms with Crippen molar-refractivity contribution < 1.29 is 9.18 Å². The summed E-state index contributed by atoms with van der Waals surface area (Å²) in [6, 6.07) is 2.08. The molecule has 4 nitrogen and oxygen atoms in total. The molecule has 0 aliphatic rings. The zero-order valence-electron chi connectivity index (χ0n) is 11.3. The fourth-order valence-corrected chi connectivity index (χ4v) is 3.02. The van der Waals surface area contributed by atoms with Gasteiger partial charge in [0.25, 0.3) is 5.91 Å². The molecule has 0 aliphatic heterocycles. The third-order valence-electron chi connectivity index (χ3n) is 2.95. The van der Waals surface area contributed by atoms with Gasteiger partial charge in [0, 0.05) is 5.02 Å². The van der Waals surface area contributed by atoms with E-state index in [1.54, 1.807) is 6.92 Å². The van der Waals surface area contributed by atoms with Crippen LogP contribution >= 0.6 is 34.7 Å². The van der Waals surface area contributed by atoms with Crippen LogP contribution in [0.3, 0.4) is 0 Å². The van der Waals surface area contributed by atoms with Gasteiger partial charge in [-0.05, 0) is 42.6 Å². The number of halogens is 3. The van der Waals surface area contributed by atoms with E-state index in [1.807, 2.05) is 6.92 Å². The highest BCUT2D eigenvalue weighted by Crippen LogP contribution is 2.29. The monoisotopic (exact) mass is 347 g/mol. The molecule has 1 N–H and O–H groups in total. The van der Waals surface area contributed by atoms with Gasteiger partial charge in [0.05, 0.1) is 16.8 Å². The van der Waals surface area contributed by atoms with Crippen molar-refractivity contribution in [2.45, 2.75) is 26.3 Å². The van der Waals surface area contributed by atoms with E-state index in [0.717, 1.165) is 11.5 Å². The van der Waals surface area contributed by atoms with E-state index < -0.39 is 11.9 Å². The van der Waals surface area contributed by atoms with Crippen molar-refractivity contribution >= 4 is 40.6 Å². The number of carbonyl (C=O) groups is 1. The maximum Gasteiger partial charge on any atom is 0.265 e. The summed E-state index contributed by atoms with van der Waals surface area (Å²) in [7, 11) is 0. The lowest BCUT2D eigenvalue weighted by Gasteiger charge is -2.16. The number of nitrogens with one attached hydrogen (secondary N) is 1. The minimum atomic E-state index is -0.578. The van der Waals surface area contributed by atoms with Crippen molar-refractivity contribution in [3.63, 3.8) is 0 Å². The van der Waals surface area contributed by atoms with Gasteiger partial charge in [-0.25, -0.2) is 4.39 Å². The van der Waals surface area contributed by atoms with E-state index >= 15 is 0 Å². The highest BCUT2D eigenvalue weighted by atomic mass is 35.5. The highest BCUT2D eigenvalue weighted by molar-refractivity contribution is 7.08. The highest BCUT2D eigenvalue weighted by Gasteiger charge is 2.20. The lowest BCUT2D eigenvalue weighted by atomic mass is 10.1. The third kappa shape index (κ3) is 3.51. The summed E-state index contributed by atoms with van der Waals surface area (Å²) >= 11 is 12.7. The minimum absolute atomic E-state index is 0.0535. The average Bonchev–Trinajstić information content (AvgIpc) is 2.91. The van der Waals surface area contributed by atoms with E-state index in [9.17, 15) is 9.18 Å². The molecule has 1 aromatic heterocycles. The van der Waals surface area contributed by atoms with Crippen LogP contribution in [-0.4, -0.2) is 15.5 Å². The van der Waals surface area contributed by atoms with Crippen molar-refractivity contribution in [1.82, 2.24) is 14.9 Å². The maximum absolute atomic E-state index is 13.5. The Morgan fingerprint density at radius 3 is 2.81 bits per heavy atom. The number of hydrogen-bond donors (Lipinski definition) is 1. The quantitative estimate of drug-likeness (QED) is 0.849. The Labute approximate surface area is 135 Å². The molecule has 8 heteroatoms. The molecule has 112 valence electrons. The van der Waals surface area contributed by atoms with Gasteiger partial charge in [0.1, 0.15) is 10.7 Å². The summed E-state index contributed by atoms with van der Waals surface area (Å²) in [5.41, 5.74) is 1.10. The lowest BCUT2D eigenvalue weighted by Crippen LogP contribution is -2.27. The molecule has 1 atom stereocenters. The molecule has 0 bridgehead atoms. The van der Waals surface area contributed by atoms with Gasteiger partial charge in [-0.1, -0.05) is 34.6 Å². The number of aryl methyl sites for hydroxylation is 1. The molecule has 0 saturated heterocycles. The third-order valence-corrected chi connectivity index (χ3v) is 4.33. The minimum Gasteiger partial charge on any atom is -0.345 e. The molecular weight excluding hydrogens is 336 g/mol. The molecule has 0 radical (unpaired) electrons. The van der Waals surface area contributed by atoms with Gasteiger partial charge < -0.3 is 5.32 Å². The number of rotatable bonds is 4. The molecule has 21 heavy (non-hydrogen) atoms. The molecule has 1 aromatic carbocycles. The Bertz CT molecular complexity index is 677. The maximum atomic E-state index is 13.5. The molecule has 0 unspecified atom stereocenters. The molecule has 2 aromatic rings. The summed E-state index contributed by atoms with van der Waals surface area (Å²) in [6.45, 7) is 3.61. The molecular formula is C13H12Cl2FN3OS. The molecule has 0 spiro atoms. The Hall–Kier alpha value is -1.24. The number of benzene rings is 1. The Morgan fingerprint density at radius 1 is 1.43 bits per heavy atom. The first-order chi connectivity index (χ1) is 9.93. The van der Waals surface area contributed by atoms with Crippen LogP contribution in [0.2, 0.25) is 10.0 Å². The number of carbonyl (C=O) groups excluding carboxylic acids is 1. The van der Waals surface area contributed by atoms with Crippen LogP contribution in [0.25, 0.3) is 0 Å². The second kappa shape index (κ2) is 6.68. The topological polar surface area (TPSA) is 54.9 Å². The van der Waals surface area contributed by atoms with E-state index in [1.165, 1.54) is 12.1 Å². The van der Waals surface area contributed by atoms with E-state index in [-0.39, 0.29) is 10.9 Å². The second-order valence-corrected chi connectivity index (χ2v) is 5.95. The number of nitrogens with zero attached hydrogens (tertiary/aromatic N) is 2. The van der Waals surface area contributed by atoms with Gasteiger partial charge in [-0.3, -0.25) is 4.79 Å². The van der Waals surface area contributed by atoms with Crippen LogP contribution in [0.4, 0.5) is 4.39 Å². The van der Waals surface area contributed by atoms with E-state index in [2.05, 4.69) is 14.9 Å². The Kier molecular flexibility index (Phi) is 5.13. The van der Waals surface area contributed by atoms with Crippen molar-refractivity contribution in [3.05, 3.63) is 44.1 Å². The zero-order valence-corrected chi connectivity index (χ0v) is 13.6. The number of aromatic nitrogens is 2. The number of hydrogen-bond acceptors (Lipinski definition) is 4. The summed E-state index contributed by atoms with van der Waals surface area (Å²) in [6.07, 6.45) is 0.615. The van der Waals surface area contributed by atoms with Crippen LogP contribution in [0.1, 0.15) is 40.8 Å². The summed E-state index contributed by atoms with van der Waals surface area (Å²) in [5.74, 6) is -0.883. The Morgan fingerprint density at radius 2 is 2.14 bits per heavy atom. The molecule has 0 fully saturated rings. The molecule has 0 saturated carbocycles. The van der Waals surface area contributed by atoms with Crippen molar-refractivity contribution in [2.24, 2.45) is 0 Å². The predicted octanol–water partition coefficient (Wildman–Crippen LogP) is 4.04. The van der Waals surface area contributed by atoms with Gasteiger partial charge in [0.2, 0.25) is 0 Å². The normalized spacial score (nSPS) is 12.2. The lowest BCUT2D eigenvalue weighted by molar-refractivity contribution is 0.0943. The average molecular weight is 348 g/mol. The van der Waals surface area contributed by atoms with Crippen LogP contribution in [0.15, 0.2) is 12.1 Å². The molecule has 1 heterocycles. The smallest absolute Gasteiger partial charge is 0.265 e. The summed E-state index contributed by atoms with van der Waals surface area (Å²) < 4.78 is 17.3. The summed E-state index contributed by atoms with van der Waals surface area (Å²) in [5, 5.41) is 6.89. The first-order valence-electron chi connectivity index (χ1n) is 6.20. The zero-order chi connectivity index (χ0) is 15.6. The van der Waals surface area contributed by atoms with Gasteiger partial charge >= 0.3 is 0 Å². The van der Waals surface area contributed by atoms with Gasteiger partial charge in [-0.2, -0.15) is 0 Å². The largest absolute Gasteiger partial charge is 0.345 e. The SMILES string of the molecule is CCc1nnsc1C(=O)N[C@H](C)c1cc(F)c(Cl)cc1Cl. The molecule has 0 aliphatic carbocycles. The summed E-state index contributed by atoms with van der Waals surface area (Å²) in [4.78, 5) is 12.6. The van der Waals surface area contributed by atoms with Crippen LogP contribution < -0.4 is 5.32 Å². The molecule has 2 rings (SSSR count). The van der Waals surface area contributed by atoms with Crippen LogP contribution in [-0.2, 0) is 6.42 Å². The first-order valence-corrected chi connectivity index (χ1v) is 7.73. The van der Waals surface area contributed by atoms with E-state index in [0.29, 0.717) is 27.6 Å². The Balaban J connectivity index is 2.20. The van der Waals surface area contributed by atoms with Gasteiger partial charge in [0.15, 0.2) is 0 Å². The fourth-order valence-electron chi connectivity index (χ4n) is 1.82. The standard InChI is InChI=1S/C13H12Cl2FN3OS/c1-3-11-12(21-19-18-11)13(20)17-6(2)7-4-10(16)9(15)5-8(7)14/h4-6H,3H2,1-2H3,(H,17,20)/t6-/m1/s1. The van der Waals surface area contributed by atoms with Crippen LogP contribution in [0.5, 0.6) is 0 Å².